The summed E-state index contributed by atoms with van der Waals surface area (Å²) in [4.78, 5) is 16.3. The lowest BCUT2D eigenvalue weighted by Crippen LogP contribution is -2.04. The minimum absolute atomic E-state index is 0.565. The third-order valence-electron chi connectivity index (χ3n) is 14.2. The maximum absolute atomic E-state index is 6.78. The van der Waals surface area contributed by atoms with Gasteiger partial charge >= 0.3 is 0 Å². The molecule has 0 radical (unpaired) electrons. The van der Waals surface area contributed by atoms with Crippen LogP contribution >= 0.6 is 0 Å². The SMILES string of the molecule is c1ccc(-c2ccc(-c3nc(-c4cc(-c5ccccc5)cc(-c5ccccc5)c4)nc(-c4cc(-c5ccccc5)c(-n5c6ccccc6c6c7oc8ccccc8c7ccc65)c(-c5ccccc5)c4)n3)cc2)cc1. The first-order valence-corrected chi connectivity index (χ1v) is 25.0. The van der Waals surface area contributed by atoms with E-state index in [9.17, 15) is 0 Å². The number of furan rings is 1. The Bertz CT molecular complexity index is 4260. The minimum Gasteiger partial charge on any atom is -0.455 e. The number of nitrogens with zero attached hydrogens (tertiary/aromatic N) is 4. The Hall–Kier alpha value is -9.97. The molecule has 14 aromatic rings. The number of para-hydroxylation sites is 2. The van der Waals surface area contributed by atoms with Crippen LogP contribution < -0.4 is 0 Å². The predicted octanol–water partition coefficient (Wildman–Crippen LogP) is 18.2. The van der Waals surface area contributed by atoms with E-state index < -0.39 is 0 Å². The summed E-state index contributed by atoms with van der Waals surface area (Å²) in [7, 11) is 0. The minimum atomic E-state index is 0.565. The molecule has 0 aliphatic heterocycles. The summed E-state index contributed by atoms with van der Waals surface area (Å²) in [6.07, 6.45) is 0. The van der Waals surface area contributed by atoms with Crippen LogP contribution in [0.1, 0.15) is 0 Å². The molecule has 74 heavy (non-hydrogen) atoms. The fourth-order valence-electron chi connectivity index (χ4n) is 10.7. The number of aromatic nitrogens is 4. The molecule has 5 heteroatoms. The van der Waals surface area contributed by atoms with Crippen LogP contribution in [0.15, 0.2) is 271 Å². The zero-order valence-corrected chi connectivity index (χ0v) is 40.1. The molecule has 3 aromatic heterocycles. The van der Waals surface area contributed by atoms with E-state index in [0.29, 0.717) is 17.5 Å². The average molecular weight is 945 g/mol. The Labute approximate surface area is 428 Å². The van der Waals surface area contributed by atoms with Gasteiger partial charge in [-0.3, -0.25) is 0 Å². The molecule has 0 atom stereocenters. The smallest absolute Gasteiger partial charge is 0.164 e. The normalized spacial score (nSPS) is 11.5. The summed E-state index contributed by atoms with van der Waals surface area (Å²) in [6.45, 7) is 0. The first kappa shape index (κ1) is 42.9. The second-order valence-electron chi connectivity index (χ2n) is 18.7. The van der Waals surface area contributed by atoms with Gasteiger partial charge in [0.1, 0.15) is 11.2 Å². The van der Waals surface area contributed by atoms with Crippen molar-refractivity contribution < 1.29 is 4.42 Å². The van der Waals surface area contributed by atoms with E-state index >= 15 is 0 Å². The number of hydrogen-bond acceptors (Lipinski definition) is 4. The first-order chi connectivity index (χ1) is 36.7. The van der Waals surface area contributed by atoms with Gasteiger partial charge < -0.3 is 8.98 Å². The van der Waals surface area contributed by atoms with Gasteiger partial charge in [-0.15, -0.1) is 0 Å². The summed E-state index contributed by atoms with van der Waals surface area (Å²) in [5.41, 5.74) is 18.4. The largest absolute Gasteiger partial charge is 0.455 e. The fraction of sp³-hybridized carbons (Fsp3) is 0. The van der Waals surface area contributed by atoms with Gasteiger partial charge in [-0.1, -0.05) is 212 Å². The highest BCUT2D eigenvalue weighted by Gasteiger charge is 2.25. The van der Waals surface area contributed by atoms with Gasteiger partial charge in [-0.2, -0.15) is 0 Å². The Balaban J connectivity index is 1.05. The molecule has 11 aromatic carbocycles. The summed E-state index contributed by atoms with van der Waals surface area (Å²) in [5, 5.41) is 4.40. The number of rotatable bonds is 9. The van der Waals surface area contributed by atoms with Crippen LogP contribution in [0, 0.1) is 0 Å². The topological polar surface area (TPSA) is 56.7 Å². The second-order valence-corrected chi connectivity index (χ2v) is 18.7. The molecule has 0 bridgehead atoms. The van der Waals surface area contributed by atoms with Crippen LogP contribution in [0.4, 0.5) is 0 Å². The van der Waals surface area contributed by atoms with Crippen molar-refractivity contribution in [2.75, 3.05) is 0 Å². The molecular formula is C69H44N4O. The highest BCUT2D eigenvalue weighted by molar-refractivity contribution is 6.24. The van der Waals surface area contributed by atoms with Gasteiger partial charge in [-0.25, -0.2) is 15.0 Å². The highest BCUT2D eigenvalue weighted by Crippen LogP contribution is 2.46. The average Bonchev–Trinajstić information content (AvgIpc) is 4.03. The Morgan fingerprint density at radius 2 is 0.676 bits per heavy atom. The molecule has 0 saturated carbocycles. The Morgan fingerprint density at radius 1 is 0.270 bits per heavy atom. The third kappa shape index (κ3) is 7.54. The van der Waals surface area contributed by atoms with E-state index in [4.69, 9.17) is 19.4 Å². The number of benzene rings is 11. The second kappa shape index (κ2) is 18.0. The summed E-state index contributed by atoms with van der Waals surface area (Å²) in [6, 6.07) is 94.1. The maximum atomic E-state index is 6.78. The van der Waals surface area contributed by atoms with Crippen molar-refractivity contribution in [1.82, 2.24) is 19.5 Å². The van der Waals surface area contributed by atoms with E-state index in [1.807, 2.05) is 12.1 Å². The van der Waals surface area contributed by atoms with E-state index in [0.717, 1.165) is 122 Å². The van der Waals surface area contributed by atoms with E-state index in [-0.39, 0.29) is 0 Å². The monoisotopic (exact) mass is 944 g/mol. The molecule has 346 valence electrons. The summed E-state index contributed by atoms with van der Waals surface area (Å²) in [5.74, 6) is 1.73. The lowest BCUT2D eigenvalue weighted by atomic mass is 9.92. The van der Waals surface area contributed by atoms with Gasteiger partial charge in [-0.05, 0) is 99.1 Å². The van der Waals surface area contributed by atoms with Crippen LogP contribution in [0.5, 0.6) is 0 Å². The van der Waals surface area contributed by atoms with Crippen molar-refractivity contribution in [3.8, 4) is 95.5 Å². The molecule has 14 rings (SSSR count). The number of fused-ring (bicyclic) bond motifs is 7. The van der Waals surface area contributed by atoms with Crippen LogP contribution in [0.25, 0.3) is 139 Å². The zero-order valence-electron chi connectivity index (χ0n) is 40.1. The van der Waals surface area contributed by atoms with Crippen LogP contribution in [-0.2, 0) is 0 Å². The molecule has 0 amide bonds. The van der Waals surface area contributed by atoms with Crippen molar-refractivity contribution in [3.05, 3.63) is 267 Å². The van der Waals surface area contributed by atoms with Gasteiger partial charge in [0.2, 0.25) is 0 Å². The van der Waals surface area contributed by atoms with Crippen molar-refractivity contribution in [1.29, 1.82) is 0 Å². The summed E-state index contributed by atoms with van der Waals surface area (Å²) < 4.78 is 9.22. The van der Waals surface area contributed by atoms with E-state index in [1.54, 1.807) is 0 Å². The molecule has 3 heterocycles. The predicted molar refractivity (Wildman–Crippen MR) is 305 cm³/mol. The van der Waals surface area contributed by atoms with Crippen molar-refractivity contribution in [2.24, 2.45) is 0 Å². The lowest BCUT2D eigenvalue weighted by Gasteiger charge is -2.21. The van der Waals surface area contributed by atoms with Crippen LogP contribution in [0.3, 0.4) is 0 Å². The van der Waals surface area contributed by atoms with Crippen molar-refractivity contribution in [3.63, 3.8) is 0 Å². The van der Waals surface area contributed by atoms with Gasteiger partial charge in [0.05, 0.1) is 22.1 Å². The molecular weight excluding hydrogens is 901 g/mol. The highest BCUT2D eigenvalue weighted by atomic mass is 16.3. The van der Waals surface area contributed by atoms with Gasteiger partial charge in [0, 0.05) is 44.0 Å². The molecule has 0 saturated heterocycles. The van der Waals surface area contributed by atoms with Crippen LogP contribution in [0.2, 0.25) is 0 Å². The Morgan fingerprint density at radius 3 is 1.23 bits per heavy atom. The summed E-state index contributed by atoms with van der Waals surface area (Å²) >= 11 is 0. The molecule has 5 nitrogen and oxygen atoms in total. The molecule has 0 spiro atoms. The maximum Gasteiger partial charge on any atom is 0.164 e. The first-order valence-electron chi connectivity index (χ1n) is 25.0. The molecule has 0 N–H and O–H groups in total. The molecule has 0 aliphatic carbocycles. The van der Waals surface area contributed by atoms with Crippen molar-refractivity contribution >= 4 is 43.7 Å². The molecule has 0 aliphatic rings. The van der Waals surface area contributed by atoms with Crippen LogP contribution in [-0.4, -0.2) is 19.5 Å². The van der Waals surface area contributed by atoms with Crippen molar-refractivity contribution in [2.45, 2.75) is 0 Å². The Kier molecular flexibility index (Phi) is 10.4. The zero-order chi connectivity index (χ0) is 49.0. The lowest BCUT2D eigenvalue weighted by molar-refractivity contribution is 0.673. The quantitative estimate of drug-likeness (QED) is 0.145. The number of hydrogen-bond donors (Lipinski definition) is 0. The van der Waals surface area contributed by atoms with E-state index in [1.165, 1.54) is 0 Å². The molecule has 0 unspecified atom stereocenters. The van der Waals surface area contributed by atoms with Gasteiger partial charge in [0.15, 0.2) is 17.5 Å². The van der Waals surface area contributed by atoms with Gasteiger partial charge in [0.25, 0.3) is 0 Å². The fourth-order valence-corrected chi connectivity index (χ4v) is 10.7. The van der Waals surface area contributed by atoms with E-state index in [2.05, 4.69) is 259 Å². The standard InChI is InChI=1S/C69H44N4O/c1-6-20-45(21-7-1)48-34-36-51(37-35-48)67-70-68(54-41-52(46-22-8-2-9-23-46)40-53(42-54)47-24-10-3-11-25-47)72-69(71-67)55-43-59(49-26-12-4-13-27-49)65(60(44-55)50-28-14-5-15-29-50)73-61-32-18-16-31-58(61)64-62(73)39-38-57-56-30-17-19-33-63(56)74-66(57)64/h1-44H. The third-order valence-corrected chi connectivity index (χ3v) is 14.2. The molecule has 0 fully saturated rings.